The standard InChI is InChI=1S/C13H12FNO/c14-11-4-6-12(7-5-11)16-13-3-1-2-10(8-13)9-15/h1-8H,9,15H2/p+1. The molecule has 0 spiro atoms. The van der Waals surface area contributed by atoms with E-state index in [0.717, 1.165) is 17.9 Å². The molecule has 3 heteroatoms. The molecule has 0 amide bonds. The summed E-state index contributed by atoms with van der Waals surface area (Å²) in [7, 11) is 0. The predicted molar refractivity (Wildman–Crippen MR) is 59.5 cm³/mol. The van der Waals surface area contributed by atoms with Crippen LogP contribution in [-0.2, 0) is 6.54 Å². The molecule has 0 radical (unpaired) electrons. The van der Waals surface area contributed by atoms with Gasteiger partial charge < -0.3 is 10.5 Å². The summed E-state index contributed by atoms with van der Waals surface area (Å²) in [5.41, 5.74) is 4.92. The van der Waals surface area contributed by atoms with E-state index in [1.165, 1.54) is 12.1 Å². The molecular formula is C13H13FNO+. The first-order chi connectivity index (χ1) is 7.78. The molecule has 0 bridgehead atoms. The van der Waals surface area contributed by atoms with Crippen molar-refractivity contribution in [3.8, 4) is 11.5 Å². The third-order valence-corrected chi connectivity index (χ3v) is 2.24. The predicted octanol–water partition coefficient (Wildman–Crippen LogP) is 2.36. The number of hydrogen-bond acceptors (Lipinski definition) is 1. The Balaban J connectivity index is 2.16. The SMILES string of the molecule is [NH3+]Cc1cccc(Oc2ccc(F)cc2)c1. The summed E-state index contributed by atoms with van der Waals surface area (Å²) < 4.78 is 18.3. The molecule has 0 aliphatic carbocycles. The number of rotatable bonds is 3. The van der Waals surface area contributed by atoms with Crippen molar-refractivity contribution in [3.63, 3.8) is 0 Å². The molecule has 2 nitrogen and oxygen atoms in total. The Morgan fingerprint density at radius 1 is 1.00 bits per heavy atom. The van der Waals surface area contributed by atoms with Crippen LogP contribution in [0, 0.1) is 5.82 Å². The first-order valence-electron chi connectivity index (χ1n) is 5.09. The topological polar surface area (TPSA) is 36.9 Å². The van der Waals surface area contributed by atoms with Crippen LogP contribution in [0.5, 0.6) is 11.5 Å². The van der Waals surface area contributed by atoms with Crippen LogP contribution in [0.3, 0.4) is 0 Å². The first kappa shape index (κ1) is 10.6. The molecule has 0 aliphatic heterocycles. The number of quaternary nitrogens is 1. The minimum atomic E-state index is -0.265. The van der Waals surface area contributed by atoms with Gasteiger partial charge in [0.25, 0.3) is 0 Å². The molecule has 0 heterocycles. The highest BCUT2D eigenvalue weighted by Gasteiger charge is 1.99. The maximum Gasteiger partial charge on any atom is 0.127 e. The molecule has 0 unspecified atom stereocenters. The largest absolute Gasteiger partial charge is 0.457 e. The number of benzene rings is 2. The summed E-state index contributed by atoms with van der Waals surface area (Å²) in [6.45, 7) is 0.723. The van der Waals surface area contributed by atoms with Crippen molar-refractivity contribution in [2.24, 2.45) is 0 Å². The summed E-state index contributed by atoms with van der Waals surface area (Å²) >= 11 is 0. The monoisotopic (exact) mass is 218 g/mol. The zero-order chi connectivity index (χ0) is 11.4. The molecule has 2 aromatic carbocycles. The third-order valence-electron chi connectivity index (χ3n) is 2.24. The molecule has 3 N–H and O–H groups in total. The van der Waals surface area contributed by atoms with E-state index in [0.29, 0.717) is 5.75 Å². The lowest BCUT2D eigenvalue weighted by Crippen LogP contribution is -2.47. The second-order valence-electron chi connectivity index (χ2n) is 3.45. The van der Waals surface area contributed by atoms with Crippen LogP contribution in [0.15, 0.2) is 48.5 Å². The van der Waals surface area contributed by atoms with E-state index in [-0.39, 0.29) is 5.82 Å². The minimum Gasteiger partial charge on any atom is -0.457 e. The average Bonchev–Trinajstić information content (AvgIpc) is 2.32. The lowest BCUT2D eigenvalue weighted by Gasteiger charge is -2.06. The van der Waals surface area contributed by atoms with Gasteiger partial charge in [0, 0.05) is 5.56 Å². The Kier molecular flexibility index (Phi) is 3.17. The number of ether oxygens (including phenoxy) is 1. The second-order valence-corrected chi connectivity index (χ2v) is 3.45. The van der Waals surface area contributed by atoms with Gasteiger partial charge in [0.2, 0.25) is 0 Å². The van der Waals surface area contributed by atoms with E-state index in [1.807, 2.05) is 24.3 Å². The van der Waals surface area contributed by atoms with Gasteiger partial charge in [-0.05, 0) is 36.4 Å². The summed E-state index contributed by atoms with van der Waals surface area (Å²) in [4.78, 5) is 0. The van der Waals surface area contributed by atoms with Gasteiger partial charge in [0.1, 0.15) is 17.3 Å². The van der Waals surface area contributed by atoms with Crippen molar-refractivity contribution in [2.45, 2.75) is 6.54 Å². The zero-order valence-corrected chi connectivity index (χ0v) is 8.82. The fraction of sp³-hybridized carbons (Fsp3) is 0.0769. The highest BCUT2D eigenvalue weighted by Crippen LogP contribution is 2.22. The number of halogens is 1. The van der Waals surface area contributed by atoms with Crippen molar-refractivity contribution in [1.82, 2.24) is 0 Å². The van der Waals surface area contributed by atoms with E-state index in [4.69, 9.17) is 4.74 Å². The minimum absolute atomic E-state index is 0.265. The maximum absolute atomic E-state index is 12.7. The van der Waals surface area contributed by atoms with Crippen molar-refractivity contribution in [1.29, 1.82) is 0 Å². The van der Waals surface area contributed by atoms with Crippen molar-refractivity contribution in [3.05, 3.63) is 59.9 Å². The number of hydrogen-bond donors (Lipinski definition) is 1. The Morgan fingerprint density at radius 2 is 1.75 bits per heavy atom. The molecule has 0 fully saturated rings. The third kappa shape index (κ3) is 2.58. The van der Waals surface area contributed by atoms with Gasteiger partial charge >= 0.3 is 0 Å². The van der Waals surface area contributed by atoms with Crippen LogP contribution >= 0.6 is 0 Å². The van der Waals surface area contributed by atoms with Crippen LogP contribution in [0.4, 0.5) is 4.39 Å². The maximum atomic E-state index is 12.7. The molecule has 2 aromatic rings. The molecule has 2 rings (SSSR count). The second kappa shape index (κ2) is 4.77. The van der Waals surface area contributed by atoms with Crippen LogP contribution in [0.25, 0.3) is 0 Å². The van der Waals surface area contributed by atoms with Crippen LogP contribution in [0.1, 0.15) is 5.56 Å². The lowest BCUT2D eigenvalue weighted by molar-refractivity contribution is -0.386. The van der Waals surface area contributed by atoms with Gasteiger partial charge in [-0.25, -0.2) is 4.39 Å². The van der Waals surface area contributed by atoms with E-state index in [9.17, 15) is 4.39 Å². The van der Waals surface area contributed by atoms with Gasteiger partial charge in [-0.3, -0.25) is 0 Å². The Labute approximate surface area is 93.5 Å². The van der Waals surface area contributed by atoms with E-state index < -0.39 is 0 Å². The molecule has 0 atom stereocenters. The highest BCUT2D eigenvalue weighted by molar-refractivity contribution is 5.33. The van der Waals surface area contributed by atoms with Crippen LogP contribution < -0.4 is 10.5 Å². The van der Waals surface area contributed by atoms with E-state index in [2.05, 4.69) is 5.73 Å². The molecule has 0 saturated carbocycles. The summed E-state index contributed by atoms with van der Waals surface area (Å²) in [5.74, 6) is 1.11. The quantitative estimate of drug-likeness (QED) is 0.843. The van der Waals surface area contributed by atoms with Crippen molar-refractivity contribution in [2.75, 3.05) is 0 Å². The summed E-state index contributed by atoms with van der Waals surface area (Å²) in [6, 6.07) is 13.7. The smallest absolute Gasteiger partial charge is 0.127 e. The Morgan fingerprint density at radius 3 is 2.44 bits per heavy atom. The Hall–Kier alpha value is -1.87. The highest BCUT2D eigenvalue weighted by atomic mass is 19.1. The zero-order valence-electron chi connectivity index (χ0n) is 8.82. The average molecular weight is 218 g/mol. The van der Waals surface area contributed by atoms with Gasteiger partial charge in [0.05, 0.1) is 6.54 Å². The summed E-state index contributed by atoms with van der Waals surface area (Å²) in [5, 5.41) is 0. The van der Waals surface area contributed by atoms with Gasteiger partial charge in [-0.1, -0.05) is 12.1 Å². The molecule has 16 heavy (non-hydrogen) atoms. The fourth-order valence-corrected chi connectivity index (χ4v) is 1.40. The van der Waals surface area contributed by atoms with Crippen LogP contribution in [0.2, 0.25) is 0 Å². The molecular weight excluding hydrogens is 205 g/mol. The van der Waals surface area contributed by atoms with Crippen molar-refractivity contribution >= 4 is 0 Å². The first-order valence-corrected chi connectivity index (χ1v) is 5.09. The van der Waals surface area contributed by atoms with Gasteiger partial charge in [-0.2, -0.15) is 0 Å². The van der Waals surface area contributed by atoms with Crippen LogP contribution in [-0.4, -0.2) is 0 Å². The molecule has 0 aromatic heterocycles. The van der Waals surface area contributed by atoms with Crippen molar-refractivity contribution < 1.29 is 14.9 Å². The normalized spacial score (nSPS) is 10.1. The van der Waals surface area contributed by atoms with E-state index >= 15 is 0 Å². The molecule has 0 saturated heterocycles. The summed E-state index contributed by atoms with van der Waals surface area (Å²) in [6.07, 6.45) is 0. The van der Waals surface area contributed by atoms with E-state index in [1.54, 1.807) is 12.1 Å². The van der Waals surface area contributed by atoms with Gasteiger partial charge in [0.15, 0.2) is 0 Å². The molecule has 0 aliphatic rings. The van der Waals surface area contributed by atoms with Gasteiger partial charge in [-0.15, -0.1) is 0 Å². The molecule has 82 valence electrons. The Bertz CT molecular complexity index is 468. The fourth-order valence-electron chi connectivity index (χ4n) is 1.40. The lowest BCUT2D eigenvalue weighted by atomic mass is 10.2.